The van der Waals surface area contributed by atoms with E-state index >= 15 is 0 Å². The number of carbonyl (C=O) groups excluding carboxylic acids is 2. The molecule has 2 aromatic rings. The molecule has 2 heterocycles. The molecule has 1 amide bonds. The number of amides is 1. The molecule has 0 aliphatic carbocycles. The maximum absolute atomic E-state index is 12.7. The zero-order valence-corrected chi connectivity index (χ0v) is 15.6. The molecule has 7 heteroatoms. The molecule has 142 valence electrons. The highest BCUT2D eigenvalue weighted by Gasteiger charge is 2.47. The average Bonchev–Trinajstić information content (AvgIpc) is 3.27. The van der Waals surface area contributed by atoms with Crippen LogP contribution in [0, 0.1) is 0 Å². The number of aliphatic hydroxyl groups excluding tert-OH is 1. The molecule has 1 fully saturated rings. The highest BCUT2D eigenvalue weighted by molar-refractivity contribution is 6.46. The lowest BCUT2D eigenvalue weighted by Gasteiger charge is -2.23. The Kier molecular flexibility index (Phi) is 5.32. The molecule has 0 unspecified atom stereocenters. The van der Waals surface area contributed by atoms with Crippen LogP contribution in [0.3, 0.4) is 0 Å². The van der Waals surface area contributed by atoms with Gasteiger partial charge in [0.1, 0.15) is 23.3 Å². The van der Waals surface area contributed by atoms with E-state index in [0.29, 0.717) is 30.2 Å². The number of benzene rings is 1. The summed E-state index contributed by atoms with van der Waals surface area (Å²) in [5.74, 6) is -0.618. The van der Waals surface area contributed by atoms with Crippen molar-refractivity contribution in [2.24, 2.45) is 0 Å². The zero-order valence-electron chi connectivity index (χ0n) is 15.6. The molecular formula is C20H23N2O5+. The average molecular weight is 371 g/mol. The summed E-state index contributed by atoms with van der Waals surface area (Å²) in [6.07, 6.45) is 1.48. The Balaban J connectivity index is 2.10. The van der Waals surface area contributed by atoms with E-state index in [4.69, 9.17) is 9.15 Å². The predicted octanol–water partition coefficient (Wildman–Crippen LogP) is 0.854. The first kappa shape index (κ1) is 18.7. The molecule has 1 aromatic heterocycles. The summed E-state index contributed by atoms with van der Waals surface area (Å²) >= 11 is 0. The van der Waals surface area contributed by atoms with Crippen molar-refractivity contribution in [2.75, 3.05) is 34.3 Å². The second-order valence-electron chi connectivity index (χ2n) is 6.70. The Hall–Kier alpha value is -3.06. The van der Waals surface area contributed by atoms with Crippen molar-refractivity contribution < 1.29 is 28.7 Å². The first-order valence-electron chi connectivity index (χ1n) is 8.69. The molecule has 3 rings (SSSR count). The van der Waals surface area contributed by atoms with E-state index in [1.807, 2.05) is 14.1 Å². The summed E-state index contributed by atoms with van der Waals surface area (Å²) in [4.78, 5) is 28.0. The smallest absolute Gasteiger partial charge is 0.295 e. The van der Waals surface area contributed by atoms with Crippen molar-refractivity contribution in [3.05, 3.63) is 59.6 Å². The van der Waals surface area contributed by atoms with Crippen LogP contribution in [-0.4, -0.2) is 56.0 Å². The normalized spacial score (nSPS) is 19.1. The predicted molar refractivity (Wildman–Crippen MR) is 98.4 cm³/mol. The lowest BCUT2D eigenvalue weighted by Crippen LogP contribution is -3.06. The first-order valence-corrected chi connectivity index (χ1v) is 8.69. The third-order valence-corrected chi connectivity index (χ3v) is 4.55. The molecule has 7 nitrogen and oxygen atoms in total. The third kappa shape index (κ3) is 3.59. The first-order chi connectivity index (χ1) is 12.9. The molecule has 27 heavy (non-hydrogen) atoms. The standard InChI is InChI=1S/C20H22N2O5/c1-21(2)9-10-22-17(15-8-5-11-27-15)16(19(24)20(22)25)18(23)13-6-4-7-14(12-13)26-3/h4-8,11-12,17,23H,9-10H2,1-3H3/p+1/t17-/m0/s1. The second kappa shape index (κ2) is 7.67. The lowest BCUT2D eigenvalue weighted by molar-refractivity contribution is -0.857. The van der Waals surface area contributed by atoms with E-state index in [0.717, 1.165) is 4.90 Å². The van der Waals surface area contributed by atoms with Crippen molar-refractivity contribution in [3.8, 4) is 5.75 Å². The van der Waals surface area contributed by atoms with Crippen LogP contribution in [0.1, 0.15) is 17.4 Å². The van der Waals surface area contributed by atoms with Gasteiger partial charge < -0.3 is 24.1 Å². The number of quaternary nitrogens is 1. The van der Waals surface area contributed by atoms with Crippen molar-refractivity contribution in [3.63, 3.8) is 0 Å². The van der Waals surface area contributed by atoms with Crippen LogP contribution < -0.4 is 9.64 Å². The van der Waals surface area contributed by atoms with Gasteiger partial charge in [0.05, 0.1) is 46.1 Å². The number of Topliss-reactive ketones (excluding diaryl/α,β-unsaturated/α-hetero) is 1. The summed E-state index contributed by atoms with van der Waals surface area (Å²) in [7, 11) is 5.45. The summed E-state index contributed by atoms with van der Waals surface area (Å²) in [5.41, 5.74) is 0.430. The second-order valence-corrected chi connectivity index (χ2v) is 6.70. The summed E-state index contributed by atoms with van der Waals surface area (Å²) in [6, 6.07) is 9.36. The maximum Gasteiger partial charge on any atom is 0.295 e. The fourth-order valence-corrected chi connectivity index (χ4v) is 3.12. The lowest BCUT2D eigenvalue weighted by atomic mass is 9.99. The van der Waals surface area contributed by atoms with Crippen molar-refractivity contribution in [1.82, 2.24) is 4.90 Å². The fraction of sp³-hybridized carbons (Fsp3) is 0.300. The van der Waals surface area contributed by atoms with Gasteiger partial charge in [-0.15, -0.1) is 0 Å². The molecule has 0 radical (unpaired) electrons. The van der Waals surface area contributed by atoms with Crippen LogP contribution in [0.5, 0.6) is 5.75 Å². The number of ketones is 1. The number of carbonyl (C=O) groups is 2. The van der Waals surface area contributed by atoms with Gasteiger partial charge in [-0.25, -0.2) is 0 Å². The number of methoxy groups -OCH3 is 1. The third-order valence-electron chi connectivity index (χ3n) is 4.55. The van der Waals surface area contributed by atoms with Crippen molar-refractivity contribution >= 4 is 17.4 Å². The van der Waals surface area contributed by atoms with Gasteiger partial charge in [-0.2, -0.15) is 0 Å². The van der Waals surface area contributed by atoms with Gasteiger partial charge in [-0.1, -0.05) is 12.1 Å². The molecule has 2 N–H and O–H groups in total. The van der Waals surface area contributed by atoms with Crippen LogP contribution in [-0.2, 0) is 9.59 Å². The van der Waals surface area contributed by atoms with Crippen LogP contribution >= 0.6 is 0 Å². The van der Waals surface area contributed by atoms with Gasteiger partial charge in [-0.05, 0) is 24.3 Å². The number of hydrogen-bond donors (Lipinski definition) is 2. The van der Waals surface area contributed by atoms with Crippen LogP contribution in [0.4, 0.5) is 0 Å². The van der Waals surface area contributed by atoms with E-state index in [1.165, 1.54) is 18.3 Å². The molecule has 1 aliphatic rings. The fourth-order valence-electron chi connectivity index (χ4n) is 3.12. The van der Waals surface area contributed by atoms with Crippen molar-refractivity contribution in [2.45, 2.75) is 6.04 Å². The van der Waals surface area contributed by atoms with E-state index in [2.05, 4.69) is 0 Å². The van der Waals surface area contributed by atoms with Crippen molar-refractivity contribution in [1.29, 1.82) is 0 Å². The number of likely N-dealkylation sites (tertiary alicyclic amines) is 1. The summed E-state index contributed by atoms with van der Waals surface area (Å²) < 4.78 is 10.7. The number of aliphatic hydroxyl groups is 1. The van der Waals surface area contributed by atoms with Gasteiger partial charge in [-0.3, -0.25) is 9.59 Å². The highest BCUT2D eigenvalue weighted by Crippen LogP contribution is 2.39. The number of hydrogen-bond acceptors (Lipinski definition) is 5. The van der Waals surface area contributed by atoms with Gasteiger partial charge in [0.25, 0.3) is 11.7 Å². The van der Waals surface area contributed by atoms with Gasteiger partial charge in [0, 0.05) is 5.56 Å². The van der Waals surface area contributed by atoms with Crippen LogP contribution in [0.15, 0.2) is 52.7 Å². The summed E-state index contributed by atoms with van der Waals surface area (Å²) in [5, 5.41) is 10.9. The van der Waals surface area contributed by atoms with E-state index in [-0.39, 0.29) is 11.3 Å². The molecule has 1 atom stereocenters. The number of furan rings is 1. The van der Waals surface area contributed by atoms with Gasteiger partial charge in [0.2, 0.25) is 0 Å². The monoisotopic (exact) mass is 371 g/mol. The van der Waals surface area contributed by atoms with Gasteiger partial charge >= 0.3 is 0 Å². The quantitative estimate of drug-likeness (QED) is 0.447. The van der Waals surface area contributed by atoms with Gasteiger partial charge in [0.15, 0.2) is 0 Å². The van der Waals surface area contributed by atoms with Crippen LogP contribution in [0.25, 0.3) is 5.76 Å². The highest BCUT2D eigenvalue weighted by atomic mass is 16.5. The molecule has 0 bridgehead atoms. The molecular weight excluding hydrogens is 348 g/mol. The Morgan fingerprint density at radius 3 is 2.67 bits per heavy atom. The maximum atomic E-state index is 12.7. The molecule has 1 saturated heterocycles. The zero-order chi connectivity index (χ0) is 19.6. The Bertz CT molecular complexity index is 870. The van der Waals surface area contributed by atoms with E-state index in [1.54, 1.807) is 36.4 Å². The molecule has 1 aliphatic heterocycles. The number of ether oxygens (including phenoxy) is 1. The minimum Gasteiger partial charge on any atom is -0.507 e. The molecule has 0 spiro atoms. The minimum atomic E-state index is -0.759. The molecule has 0 saturated carbocycles. The minimum absolute atomic E-state index is 0.0250. The van der Waals surface area contributed by atoms with E-state index in [9.17, 15) is 14.7 Å². The van der Waals surface area contributed by atoms with E-state index < -0.39 is 17.7 Å². The Labute approximate surface area is 157 Å². The number of nitrogens with one attached hydrogen (secondary N) is 1. The molecule has 1 aromatic carbocycles. The number of rotatable bonds is 6. The topological polar surface area (TPSA) is 84.4 Å². The Morgan fingerprint density at radius 1 is 1.26 bits per heavy atom. The number of likely N-dealkylation sites (N-methyl/N-ethyl adjacent to an activating group) is 1. The largest absolute Gasteiger partial charge is 0.507 e. The number of nitrogens with zero attached hydrogens (tertiary/aromatic N) is 1. The van der Waals surface area contributed by atoms with Crippen LogP contribution in [0.2, 0.25) is 0 Å². The Morgan fingerprint density at radius 2 is 2.04 bits per heavy atom. The SMILES string of the molecule is COc1cccc(C(O)=C2C(=O)C(=O)N(CC[NH+](C)C)[C@H]2c2ccco2)c1. The summed E-state index contributed by atoms with van der Waals surface area (Å²) in [6.45, 7) is 1.02.